The van der Waals surface area contributed by atoms with Crippen molar-refractivity contribution in [3.05, 3.63) is 34.3 Å². The first-order valence-corrected chi connectivity index (χ1v) is 6.85. The predicted octanol–water partition coefficient (Wildman–Crippen LogP) is 3.11. The van der Waals surface area contributed by atoms with Gasteiger partial charge in [0.25, 0.3) is 0 Å². The molecule has 104 valence electrons. The topological polar surface area (TPSA) is 38.3 Å². The largest absolute Gasteiger partial charge is 0.468 e. The summed E-state index contributed by atoms with van der Waals surface area (Å²) in [6.07, 6.45) is 0.977. The minimum Gasteiger partial charge on any atom is -0.468 e. The average molecular weight is 282 g/mol. The smallest absolute Gasteiger partial charge is 0.322 e. The molecule has 2 atom stereocenters. The summed E-state index contributed by atoms with van der Waals surface area (Å²) in [7, 11) is 1.41. The Balaban J connectivity index is 2.29. The number of ether oxygens (including phenoxy) is 1. The second-order valence-electron chi connectivity index (χ2n) is 5.85. The maximum atomic E-state index is 11.6. The maximum Gasteiger partial charge on any atom is 0.322 e. The lowest BCUT2D eigenvalue weighted by Gasteiger charge is -2.30. The second kappa shape index (κ2) is 5.14. The summed E-state index contributed by atoms with van der Waals surface area (Å²) in [5, 5.41) is 4.10. The van der Waals surface area contributed by atoms with Crippen LogP contribution < -0.4 is 5.32 Å². The molecule has 1 aliphatic rings. The van der Waals surface area contributed by atoms with E-state index in [1.54, 1.807) is 0 Å². The molecule has 0 heterocycles. The quantitative estimate of drug-likeness (QED) is 0.865. The molecule has 4 heteroatoms. The first-order chi connectivity index (χ1) is 8.85. The number of nitrogens with one attached hydrogen (secondary N) is 1. The monoisotopic (exact) mass is 281 g/mol. The van der Waals surface area contributed by atoms with Crippen LogP contribution in [-0.4, -0.2) is 19.1 Å². The Morgan fingerprint density at radius 1 is 1.53 bits per heavy atom. The van der Waals surface area contributed by atoms with Crippen LogP contribution in [-0.2, 0) is 16.0 Å². The summed E-state index contributed by atoms with van der Waals surface area (Å²) in [6, 6.07) is 5.76. The summed E-state index contributed by atoms with van der Waals surface area (Å²) in [5.41, 5.74) is 2.53. The zero-order chi connectivity index (χ0) is 14.2. The van der Waals surface area contributed by atoms with Crippen LogP contribution in [0.1, 0.15) is 37.9 Å². The third-order valence-corrected chi connectivity index (χ3v) is 4.05. The van der Waals surface area contributed by atoms with Crippen LogP contribution in [0, 0.1) is 5.41 Å². The van der Waals surface area contributed by atoms with Crippen LogP contribution in [0.3, 0.4) is 0 Å². The van der Waals surface area contributed by atoms with Gasteiger partial charge in [0.1, 0.15) is 6.04 Å². The molecular weight excluding hydrogens is 262 g/mol. The van der Waals surface area contributed by atoms with Gasteiger partial charge in [0.15, 0.2) is 0 Å². The Hall–Kier alpha value is -1.06. The molecule has 0 fully saturated rings. The molecule has 0 saturated heterocycles. The zero-order valence-electron chi connectivity index (χ0n) is 11.8. The molecule has 2 rings (SSSR count). The molecule has 0 saturated carbocycles. The summed E-state index contributed by atoms with van der Waals surface area (Å²) in [5.74, 6) is -0.244. The summed E-state index contributed by atoms with van der Waals surface area (Å²) in [4.78, 5) is 11.6. The van der Waals surface area contributed by atoms with E-state index < -0.39 is 0 Å². The molecule has 1 aromatic rings. The van der Waals surface area contributed by atoms with Crippen LogP contribution in [0.5, 0.6) is 0 Å². The van der Waals surface area contributed by atoms with Crippen LogP contribution in [0.2, 0.25) is 5.02 Å². The lowest BCUT2D eigenvalue weighted by atomic mass is 9.85. The highest BCUT2D eigenvalue weighted by Gasteiger charge is 2.40. The molecule has 0 amide bonds. The Morgan fingerprint density at radius 3 is 2.84 bits per heavy atom. The fourth-order valence-corrected chi connectivity index (χ4v) is 3.00. The first kappa shape index (κ1) is 14.4. The van der Waals surface area contributed by atoms with Gasteiger partial charge >= 0.3 is 5.97 Å². The molecule has 0 bridgehead atoms. The van der Waals surface area contributed by atoms with Gasteiger partial charge in [-0.2, -0.15) is 0 Å². The fraction of sp³-hybridized carbons (Fsp3) is 0.533. The molecule has 1 aliphatic carbocycles. The predicted molar refractivity (Wildman–Crippen MR) is 76.3 cm³/mol. The highest BCUT2D eigenvalue weighted by Crippen LogP contribution is 2.46. The second-order valence-corrected chi connectivity index (χ2v) is 6.29. The minimum absolute atomic E-state index is 0.0509. The number of halogens is 1. The molecule has 0 radical (unpaired) electrons. The van der Waals surface area contributed by atoms with Crippen molar-refractivity contribution in [1.82, 2.24) is 5.32 Å². The summed E-state index contributed by atoms with van der Waals surface area (Å²) in [6.45, 7) is 6.22. The van der Waals surface area contributed by atoms with E-state index in [1.165, 1.54) is 18.2 Å². The number of benzene rings is 1. The molecule has 0 spiro atoms. The van der Waals surface area contributed by atoms with Gasteiger partial charge in [-0.1, -0.05) is 31.5 Å². The summed E-state index contributed by atoms with van der Waals surface area (Å²) < 4.78 is 4.77. The maximum absolute atomic E-state index is 11.6. The average Bonchev–Trinajstić information content (AvgIpc) is 2.59. The van der Waals surface area contributed by atoms with E-state index in [9.17, 15) is 4.79 Å². The number of carbonyl (C=O) groups is 1. The van der Waals surface area contributed by atoms with Crippen molar-refractivity contribution in [3.63, 3.8) is 0 Å². The number of fused-ring (bicyclic) bond motifs is 1. The van der Waals surface area contributed by atoms with Crippen molar-refractivity contribution < 1.29 is 9.53 Å². The van der Waals surface area contributed by atoms with Crippen LogP contribution >= 0.6 is 11.6 Å². The van der Waals surface area contributed by atoms with E-state index >= 15 is 0 Å². The normalized spacial score (nSPS) is 21.8. The van der Waals surface area contributed by atoms with Gasteiger partial charge in [-0.15, -0.1) is 0 Å². The van der Waals surface area contributed by atoms with Crippen molar-refractivity contribution in [3.8, 4) is 0 Å². The molecule has 19 heavy (non-hydrogen) atoms. The van der Waals surface area contributed by atoms with E-state index in [2.05, 4.69) is 25.2 Å². The van der Waals surface area contributed by atoms with Crippen molar-refractivity contribution in [2.24, 2.45) is 5.41 Å². The highest BCUT2D eigenvalue weighted by molar-refractivity contribution is 6.30. The molecule has 1 aromatic carbocycles. The molecule has 3 nitrogen and oxygen atoms in total. The minimum atomic E-state index is -0.334. The number of carbonyl (C=O) groups excluding carboxylic acids is 1. The lowest BCUT2D eigenvalue weighted by Crippen LogP contribution is -2.41. The zero-order valence-corrected chi connectivity index (χ0v) is 12.5. The lowest BCUT2D eigenvalue weighted by molar-refractivity contribution is -0.143. The van der Waals surface area contributed by atoms with Crippen LogP contribution in [0.15, 0.2) is 18.2 Å². The van der Waals surface area contributed by atoms with Crippen molar-refractivity contribution in [1.29, 1.82) is 0 Å². The molecule has 0 aromatic heterocycles. The van der Waals surface area contributed by atoms with Gasteiger partial charge in [0.05, 0.1) is 7.11 Å². The Morgan fingerprint density at radius 2 is 2.21 bits per heavy atom. The Labute approximate surface area is 119 Å². The van der Waals surface area contributed by atoms with E-state index in [0.29, 0.717) is 0 Å². The van der Waals surface area contributed by atoms with Crippen molar-refractivity contribution in [2.75, 3.05) is 7.11 Å². The van der Waals surface area contributed by atoms with E-state index in [-0.39, 0.29) is 23.5 Å². The Kier molecular flexibility index (Phi) is 3.88. The first-order valence-electron chi connectivity index (χ1n) is 6.47. The molecule has 0 aliphatic heterocycles. The van der Waals surface area contributed by atoms with Gasteiger partial charge in [-0.3, -0.25) is 10.1 Å². The standard InChI is InChI=1S/C15H20ClNO2/c1-9(14(18)19-4)17-13-12-7-11(16)6-5-10(12)8-15(13,2)3/h5-7,9,13,17H,8H2,1-4H3. The highest BCUT2D eigenvalue weighted by atomic mass is 35.5. The van der Waals surface area contributed by atoms with E-state index in [1.807, 2.05) is 19.1 Å². The summed E-state index contributed by atoms with van der Waals surface area (Å²) >= 11 is 6.09. The molecular formula is C15H20ClNO2. The van der Waals surface area contributed by atoms with Crippen LogP contribution in [0.25, 0.3) is 0 Å². The Bertz CT molecular complexity index is 499. The van der Waals surface area contributed by atoms with E-state index in [0.717, 1.165) is 11.4 Å². The van der Waals surface area contributed by atoms with Gasteiger partial charge < -0.3 is 4.74 Å². The van der Waals surface area contributed by atoms with Gasteiger partial charge in [0.2, 0.25) is 0 Å². The SMILES string of the molecule is COC(=O)C(C)NC1c2cc(Cl)ccc2CC1(C)C. The number of esters is 1. The fourth-order valence-electron chi connectivity index (χ4n) is 2.82. The van der Waals surface area contributed by atoms with Gasteiger partial charge in [-0.05, 0) is 42.0 Å². The third kappa shape index (κ3) is 2.77. The third-order valence-electron chi connectivity index (χ3n) is 3.82. The number of hydrogen-bond donors (Lipinski definition) is 1. The molecule has 1 N–H and O–H groups in total. The number of hydrogen-bond acceptors (Lipinski definition) is 3. The van der Waals surface area contributed by atoms with Gasteiger partial charge in [-0.25, -0.2) is 0 Å². The number of methoxy groups -OCH3 is 1. The van der Waals surface area contributed by atoms with E-state index in [4.69, 9.17) is 16.3 Å². The number of rotatable bonds is 3. The van der Waals surface area contributed by atoms with Gasteiger partial charge in [0, 0.05) is 11.1 Å². The molecule has 2 unspecified atom stereocenters. The van der Waals surface area contributed by atoms with Crippen LogP contribution in [0.4, 0.5) is 0 Å². The van der Waals surface area contributed by atoms with Crippen molar-refractivity contribution in [2.45, 2.75) is 39.3 Å². The van der Waals surface area contributed by atoms with Crippen molar-refractivity contribution >= 4 is 17.6 Å².